The molecule has 0 aliphatic carbocycles. The van der Waals surface area contributed by atoms with E-state index in [1.165, 1.54) is 16.7 Å². The predicted octanol–water partition coefficient (Wildman–Crippen LogP) is 6.02. The Morgan fingerprint density at radius 3 is 2.06 bits per heavy atom. The van der Waals surface area contributed by atoms with Crippen LogP contribution in [0.15, 0.2) is 103 Å². The second-order valence-electron chi connectivity index (χ2n) is 8.88. The van der Waals surface area contributed by atoms with E-state index in [1.54, 1.807) is 7.11 Å². The Morgan fingerprint density at radius 1 is 0.857 bits per heavy atom. The Balaban J connectivity index is 1.41. The zero-order chi connectivity index (χ0) is 24.0. The number of benzene rings is 4. The van der Waals surface area contributed by atoms with Crippen molar-refractivity contribution in [1.29, 1.82) is 0 Å². The number of rotatable bonds is 7. The number of amides is 1. The van der Waals surface area contributed by atoms with Gasteiger partial charge in [0.05, 0.1) is 18.7 Å². The van der Waals surface area contributed by atoms with Gasteiger partial charge in [0.2, 0.25) is 5.91 Å². The number of nitrogens with zero attached hydrogens (tertiary/aromatic N) is 1. The van der Waals surface area contributed by atoms with E-state index >= 15 is 0 Å². The van der Waals surface area contributed by atoms with Crippen molar-refractivity contribution in [3.63, 3.8) is 0 Å². The van der Waals surface area contributed by atoms with Gasteiger partial charge in [-0.3, -0.25) is 4.79 Å². The predicted molar refractivity (Wildman–Crippen MR) is 141 cm³/mol. The van der Waals surface area contributed by atoms with Crippen LogP contribution < -0.4 is 10.1 Å². The third-order valence-corrected chi connectivity index (χ3v) is 6.72. The molecular weight excluding hydrogens is 432 g/mol. The van der Waals surface area contributed by atoms with Gasteiger partial charge in [0.25, 0.3) is 0 Å². The van der Waals surface area contributed by atoms with E-state index in [1.807, 2.05) is 89.8 Å². The molecule has 1 N–H and O–H groups in total. The van der Waals surface area contributed by atoms with E-state index in [4.69, 9.17) is 4.74 Å². The SMILES string of the molecule is COc1ccc2c(c1NCc1ccccc1)CCN(C(=O)C(c1ccccc1)c1ccccc1)C2. The summed E-state index contributed by atoms with van der Waals surface area (Å²) in [5.74, 6) is 0.668. The highest BCUT2D eigenvalue weighted by Crippen LogP contribution is 2.36. The molecule has 0 saturated carbocycles. The summed E-state index contributed by atoms with van der Waals surface area (Å²) in [4.78, 5) is 15.9. The highest BCUT2D eigenvalue weighted by molar-refractivity contribution is 5.87. The Hall–Kier alpha value is -4.05. The number of hydrogen-bond acceptors (Lipinski definition) is 3. The van der Waals surface area contributed by atoms with E-state index in [2.05, 4.69) is 23.5 Å². The maximum Gasteiger partial charge on any atom is 0.234 e. The standard InChI is InChI=1S/C31H30N2O2/c1-35-28-18-17-26-22-33(20-19-27(26)30(28)32-21-23-11-5-2-6-12-23)31(34)29(24-13-7-3-8-14-24)25-15-9-4-10-16-25/h2-18,29,32H,19-22H2,1H3. The Labute approximate surface area is 207 Å². The number of anilines is 1. The minimum absolute atomic E-state index is 0.141. The van der Waals surface area contributed by atoms with Crippen LogP contribution in [0.25, 0.3) is 0 Å². The third-order valence-electron chi connectivity index (χ3n) is 6.72. The second kappa shape index (κ2) is 10.5. The van der Waals surface area contributed by atoms with E-state index in [0.29, 0.717) is 13.1 Å². The van der Waals surface area contributed by atoms with Crippen LogP contribution in [0.4, 0.5) is 5.69 Å². The first-order valence-electron chi connectivity index (χ1n) is 12.1. The first kappa shape index (κ1) is 22.7. The van der Waals surface area contributed by atoms with Crippen LogP contribution >= 0.6 is 0 Å². The number of nitrogens with one attached hydrogen (secondary N) is 1. The van der Waals surface area contributed by atoms with Crippen LogP contribution in [0.3, 0.4) is 0 Å². The van der Waals surface area contributed by atoms with E-state index in [0.717, 1.165) is 35.5 Å². The van der Waals surface area contributed by atoms with Crippen molar-refractivity contribution in [2.24, 2.45) is 0 Å². The number of methoxy groups -OCH3 is 1. The molecule has 1 heterocycles. The normalized spacial score (nSPS) is 12.8. The maximum absolute atomic E-state index is 13.9. The quantitative estimate of drug-likeness (QED) is 0.365. The molecule has 1 amide bonds. The van der Waals surface area contributed by atoms with Crippen molar-refractivity contribution < 1.29 is 9.53 Å². The van der Waals surface area contributed by atoms with Crippen molar-refractivity contribution in [1.82, 2.24) is 4.90 Å². The van der Waals surface area contributed by atoms with E-state index < -0.39 is 0 Å². The lowest BCUT2D eigenvalue weighted by Gasteiger charge is -2.33. The van der Waals surface area contributed by atoms with Gasteiger partial charge >= 0.3 is 0 Å². The average molecular weight is 463 g/mol. The molecule has 0 bridgehead atoms. The average Bonchev–Trinajstić information content (AvgIpc) is 2.93. The smallest absolute Gasteiger partial charge is 0.234 e. The number of hydrogen-bond donors (Lipinski definition) is 1. The molecular formula is C31H30N2O2. The van der Waals surface area contributed by atoms with E-state index in [-0.39, 0.29) is 11.8 Å². The van der Waals surface area contributed by atoms with Crippen molar-refractivity contribution in [2.45, 2.75) is 25.4 Å². The molecule has 0 unspecified atom stereocenters. The van der Waals surface area contributed by atoms with Crippen LogP contribution in [0.1, 0.15) is 33.7 Å². The minimum Gasteiger partial charge on any atom is -0.495 e. The zero-order valence-corrected chi connectivity index (χ0v) is 20.0. The van der Waals surface area contributed by atoms with E-state index in [9.17, 15) is 4.79 Å². The van der Waals surface area contributed by atoms with Gasteiger partial charge in [-0.25, -0.2) is 0 Å². The number of carbonyl (C=O) groups is 1. The summed E-state index contributed by atoms with van der Waals surface area (Å²) in [6, 6.07) is 34.6. The molecule has 4 aromatic carbocycles. The Morgan fingerprint density at radius 2 is 1.46 bits per heavy atom. The molecule has 176 valence electrons. The Bertz CT molecular complexity index is 1230. The van der Waals surface area contributed by atoms with Gasteiger partial charge in [0.15, 0.2) is 0 Å². The van der Waals surface area contributed by atoms with Gasteiger partial charge in [-0.15, -0.1) is 0 Å². The number of fused-ring (bicyclic) bond motifs is 1. The first-order valence-corrected chi connectivity index (χ1v) is 12.1. The highest BCUT2D eigenvalue weighted by atomic mass is 16.5. The second-order valence-corrected chi connectivity index (χ2v) is 8.88. The molecule has 0 spiro atoms. The molecule has 35 heavy (non-hydrogen) atoms. The first-order chi connectivity index (χ1) is 17.2. The van der Waals surface area contributed by atoms with Crippen molar-refractivity contribution in [2.75, 3.05) is 19.0 Å². The highest BCUT2D eigenvalue weighted by Gasteiger charge is 2.31. The fraction of sp³-hybridized carbons (Fsp3) is 0.194. The molecule has 0 fully saturated rings. The molecule has 1 aliphatic rings. The molecule has 0 radical (unpaired) electrons. The van der Waals surface area contributed by atoms with Gasteiger partial charge in [-0.05, 0) is 40.3 Å². The number of ether oxygens (including phenoxy) is 1. The topological polar surface area (TPSA) is 41.6 Å². The van der Waals surface area contributed by atoms with Gasteiger partial charge in [0, 0.05) is 19.6 Å². The summed E-state index contributed by atoms with van der Waals surface area (Å²) in [6.07, 6.45) is 0.783. The van der Waals surface area contributed by atoms with Crippen molar-refractivity contribution in [3.05, 3.63) is 131 Å². The summed E-state index contributed by atoms with van der Waals surface area (Å²) >= 11 is 0. The summed E-state index contributed by atoms with van der Waals surface area (Å²) in [7, 11) is 1.71. The van der Waals surface area contributed by atoms with Crippen LogP contribution in [0, 0.1) is 0 Å². The zero-order valence-electron chi connectivity index (χ0n) is 20.0. The van der Waals surface area contributed by atoms with Crippen LogP contribution in [-0.4, -0.2) is 24.5 Å². The molecule has 0 aromatic heterocycles. The molecule has 0 atom stereocenters. The third kappa shape index (κ3) is 4.92. The Kier molecular flexibility index (Phi) is 6.80. The lowest BCUT2D eigenvalue weighted by atomic mass is 9.88. The molecule has 1 aliphatic heterocycles. The van der Waals surface area contributed by atoms with Gasteiger partial charge in [-0.2, -0.15) is 0 Å². The van der Waals surface area contributed by atoms with Crippen molar-refractivity contribution >= 4 is 11.6 Å². The monoisotopic (exact) mass is 462 g/mol. The number of carbonyl (C=O) groups excluding carboxylic acids is 1. The molecule has 0 saturated heterocycles. The maximum atomic E-state index is 13.9. The largest absolute Gasteiger partial charge is 0.495 e. The molecule has 4 nitrogen and oxygen atoms in total. The summed E-state index contributed by atoms with van der Waals surface area (Å²) in [5, 5.41) is 3.60. The van der Waals surface area contributed by atoms with Crippen molar-refractivity contribution in [3.8, 4) is 5.75 Å². The molecule has 5 rings (SSSR count). The van der Waals surface area contributed by atoms with Gasteiger partial charge in [-0.1, -0.05) is 97.1 Å². The molecule has 4 aromatic rings. The van der Waals surface area contributed by atoms with Gasteiger partial charge in [0.1, 0.15) is 5.75 Å². The lowest BCUT2D eigenvalue weighted by molar-refractivity contribution is -0.132. The minimum atomic E-state index is -0.312. The van der Waals surface area contributed by atoms with Crippen LogP contribution in [0.5, 0.6) is 5.75 Å². The molecule has 4 heteroatoms. The lowest BCUT2D eigenvalue weighted by Crippen LogP contribution is -2.39. The summed E-state index contributed by atoms with van der Waals surface area (Å²) in [5.41, 5.74) is 6.70. The summed E-state index contributed by atoms with van der Waals surface area (Å²) < 4.78 is 5.68. The summed E-state index contributed by atoms with van der Waals surface area (Å²) in [6.45, 7) is 1.99. The van der Waals surface area contributed by atoms with Gasteiger partial charge < -0.3 is 15.0 Å². The fourth-order valence-electron chi connectivity index (χ4n) is 4.92. The van der Waals surface area contributed by atoms with Crippen LogP contribution in [0.2, 0.25) is 0 Å². The fourth-order valence-corrected chi connectivity index (χ4v) is 4.92. The van der Waals surface area contributed by atoms with Crippen LogP contribution in [-0.2, 0) is 24.3 Å².